The molecule has 9 aromatic rings. The lowest BCUT2D eigenvalue weighted by atomic mass is 9.92. The smallest absolute Gasteiger partial charge is 0.0474 e. The van der Waals surface area contributed by atoms with Gasteiger partial charge in [-0.3, -0.25) is 0 Å². The van der Waals surface area contributed by atoms with Gasteiger partial charge < -0.3 is 4.90 Å². The molecule has 0 aliphatic heterocycles. The minimum Gasteiger partial charge on any atom is -0.310 e. The molecule has 0 radical (unpaired) electrons. The molecule has 0 amide bonds. The van der Waals surface area contributed by atoms with E-state index in [-0.39, 0.29) is 0 Å². The lowest BCUT2D eigenvalue weighted by Crippen LogP contribution is -2.10. The van der Waals surface area contributed by atoms with Gasteiger partial charge in [0.2, 0.25) is 0 Å². The van der Waals surface area contributed by atoms with E-state index in [1.165, 1.54) is 65.3 Å². The van der Waals surface area contributed by atoms with Crippen LogP contribution in [0.25, 0.3) is 65.3 Å². The Labute approximate surface area is 274 Å². The fourth-order valence-electron chi connectivity index (χ4n) is 7.12. The van der Waals surface area contributed by atoms with Gasteiger partial charge in [0.1, 0.15) is 0 Å². The highest BCUT2D eigenvalue weighted by atomic mass is 15.1. The number of hydrogen-bond acceptors (Lipinski definition) is 1. The monoisotopic (exact) mass is 597 g/mol. The summed E-state index contributed by atoms with van der Waals surface area (Å²) >= 11 is 0. The van der Waals surface area contributed by atoms with E-state index in [1.54, 1.807) is 0 Å². The number of hydrogen-bond donors (Lipinski definition) is 0. The van der Waals surface area contributed by atoms with Gasteiger partial charge in [0, 0.05) is 17.1 Å². The molecule has 1 nitrogen and oxygen atoms in total. The number of rotatable bonds is 5. The third kappa shape index (κ3) is 4.81. The molecule has 0 heterocycles. The van der Waals surface area contributed by atoms with Gasteiger partial charge in [-0.05, 0) is 108 Å². The van der Waals surface area contributed by atoms with Gasteiger partial charge in [-0.1, -0.05) is 146 Å². The van der Waals surface area contributed by atoms with E-state index in [9.17, 15) is 0 Å². The van der Waals surface area contributed by atoms with Crippen LogP contribution >= 0.6 is 0 Å². The molecule has 0 aromatic heterocycles. The van der Waals surface area contributed by atoms with E-state index < -0.39 is 0 Å². The second-order valence-corrected chi connectivity index (χ2v) is 12.2. The van der Waals surface area contributed by atoms with Crippen LogP contribution in [-0.4, -0.2) is 0 Å². The van der Waals surface area contributed by atoms with Gasteiger partial charge in [0.05, 0.1) is 0 Å². The first kappa shape index (κ1) is 27.2. The molecule has 9 rings (SSSR count). The van der Waals surface area contributed by atoms with E-state index in [0.29, 0.717) is 0 Å². The SMILES string of the molecule is c1ccc(-c2ccc(N(c3ccccc3)c3cc(-c4ccc5c(ccc6ccc7ccccc7c65)c4)c4ccccc4c3)cc2)cc1. The first-order chi connectivity index (χ1) is 23.3. The molecule has 0 saturated heterocycles. The average Bonchev–Trinajstić information content (AvgIpc) is 3.15. The summed E-state index contributed by atoms with van der Waals surface area (Å²) in [5.41, 5.74) is 8.23. The highest BCUT2D eigenvalue weighted by molar-refractivity contribution is 6.20. The summed E-state index contributed by atoms with van der Waals surface area (Å²) in [6.07, 6.45) is 0. The molecular formula is C46H31N. The zero-order chi connectivity index (χ0) is 31.2. The largest absolute Gasteiger partial charge is 0.310 e. The maximum atomic E-state index is 2.37. The van der Waals surface area contributed by atoms with Crippen molar-refractivity contribution in [3.63, 3.8) is 0 Å². The predicted octanol–water partition coefficient (Wildman–Crippen LogP) is 13.1. The highest BCUT2D eigenvalue weighted by Crippen LogP contribution is 2.42. The summed E-state index contributed by atoms with van der Waals surface area (Å²) < 4.78 is 0. The van der Waals surface area contributed by atoms with Gasteiger partial charge >= 0.3 is 0 Å². The summed E-state index contributed by atoms with van der Waals surface area (Å²) in [6, 6.07) is 68.3. The number of fused-ring (bicyclic) bond motifs is 6. The summed E-state index contributed by atoms with van der Waals surface area (Å²) in [7, 11) is 0. The van der Waals surface area contributed by atoms with Gasteiger partial charge in [-0.15, -0.1) is 0 Å². The number of anilines is 3. The van der Waals surface area contributed by atoms with Crippen molar-refractivity contribution in [3.05, 3.63) is 188 Å². The minimum absolute atomic E-state index is 1.12. The lowest BCUT2D eigenvalue weighted by Gasteiger charge is -2.27. The van der Waals surface area contributed by atoms with E-state index in [1.807, 2.05) is 0 Å². The molecule has 0 unspecified atom stereocenters. The number of nitrogens with zero attached hydrogens (tertiary/aromatic N) is 1. The molecule has 0 spiro atoms. The first-order valence-corrected chi connectivity index (χ1v) is 16.2. The normalized spacial score (nSPS) is 11.4. The first-order valence-electron chi connectivity index (χ1n) is 16.2. The quantitative estimate of drug-likeness (QED) is 0.178. The third-order valence-corrected chi connectivity index (χ3v) is 9.39. The summed E-state index contributed by atoms with van der Waals surface area (Å²) in [5, 5.41) is 10.2. The van der Waals surface area contributed by atoms with Crippen LogP contribution in [0.1, 0.15) is 0 Å². The minimum atomic E-state index is 1.12. The van der Waals surface area contributed by atoms with E-state index in [2.05, 4.69) is 193 Å². The molecule has 0 atom stereocenters. The zero-order valence-corrected chi connectivity index (χ0v) is 25.8. The van der Waals surface area contributed by atoms with Gasteiger partial charge in [-0.2, -0.15) is 0 Å². The van der Waals surface area contributed by atoms with Crippen LogP contribution < -0.4 is 4.90 Å². The molecule has 1 heteroatoms. The Morgan fingerprint density at radius 2 is 0.809 bits per heavy atom. The second-order valence-electron chi connectivity index (χ2n) is 12.2. The second kappa shape index (κ2) is 11.3. The number of benzene rings is 9. The maximum Gasteiger partial charge on any atom is 0.0474 e. The van der Waals surface area contributed by atoms with Crippen molar-refractivity contribution in [3.8, 4) is 22.3 Å². The average molecular weight is 598 g/mol. The van der Waals surface area contributed by atoms with Crippen LogP contribution in [0.3, 0.4) is 0 Å². The van der Waals surface area contributed by atoms with Crippen molar-refractivity contribution in [1.29, 1.82) is 0 Å². The zero-order valence-electron chi connectivity index (χ0n) is 25.8. The molecule has 0 N–H and O–H groups in total. The van der Waals surface area contributed by atoms with E-state index >= 15 is 0 Å². The third-order valence-electron chi connectivity index (χ3n) is 9.39. The van der Waals surface area contributed by atoms with Gasteiger partial charge in [0.25, 0.3) is 0 Å². The Hall–Kier alpha value is -6.18. The molecule has 9 aromatic carbocycles. The Morgan fingerprint density at radius 3 is 1.60 bits per heavy atom. The summed E-state index contributed by atoms with van der Waals surface area (Å²) in [6.45, 7) is 0. The molecule has 220 valence electrons. The molecule has 0 fully saturated rings. The van der Waals surface area contributed by atoms with E-state index in [0.717, 1.165) is 17.1 Å². The van der Waals surface area contributed by atoms with Crippen LogP contribution in [0.2, 0.25) is 0 Å². The van der Waals surface area contributed by atoms with Gasteiger partial charge in [0.15, 0.2) is 0 Å². The molecular weight excluding hydrogens is 567 g/mol. The molecule has 0 saturated carbocycles. The van der Waals surface area contributed by atoms with Crippen LogP contribution in [0, 0.1) is 0 Å². The van der Waals surface area contributed by atoms with Gasteiger partial charge in [-0.25, -0.2) is 0 Å². The van der Waals surface area contributed by atoms with Crippen LogP contribution in [0.15, 0.2) is 188 Å². The number of para-hydroxylation sites is 1. The predicted molar refractivity (Wildman–Crippen MR) is 202 cm³/mol. The Kier molecular flexibility index (Phi) is 6.54. The van der Waals surface area contributed by atoms with Crippen molar-refractivity contribution in [2.45, 2.75) is 0 Å². The standard InChI is InChI=1S/C46H31N/c1-3-11-32(12-4-1)33-23-26-40(27-24-33)47(39-15-5-2-6-16-39)41-30-36-14-8-9-17-42(36)45(31-41)38-25-28-44-37(29-38)22-21-35-20-19-34-13-7-10-18-43(34)46(35)44/h1-31H. The Morgan fingerprint density at radius 1 is 0.277 bits per heavy atom. The Bertz CT molecular complexity index is 2550. The molecule has 0 aliphatic carbocycles. The van der Waals surface area contributed by atoms with E-state index in [4.69, 9.17) is 0 Å². The lowest BCUT2D eigenvalue weighted by molar-refractivity contribution is 1.29. The summed E-state index contributed by atoms with van der Waals surface area (Å²) in [4.78, 5) is 2.37. The maximum absolute atomic E-state index is 2.37. The summed E-state index contributed by atoms with van der Waals surface area (Å²) in [5.74, 6) is 0. The highest BCUT2D eigenvalue weighted by Gasteiger charge is 2.17. The Balaban J connectivity index is 1.23. The van der Waals surface area contributed by atoms with Crippen molar-refractivity contribution >= 4 is 60.2 Å². The van der Waals surface area contributed by atoms with Crippen molar-refractivity contribution in [2.24, 2.45) is 0 Å². The van der Waals surface area contributed by atoms with Crippen LogP contribution in [0.5, 0.6) is 0 Å². The van der Waals surface area contributed by atoms with Crippen molar-refractivity contribution in [1.82, 2.24) is 0 Å². The molecule has 0 aliphatic rings. The van der Waals surface area contributed by atoms with Crippen LogP contribution in [-0.2, 0) is 0 Å². The van der Waals surface area contributed by atoms with Crippen LogP contribution in [0.4, 0.5) is 17.1 Å². The fraction of sp³-hybridized carbons (Fsp3) is 0. The van der Waals surface area contributed by atoms with Crippen molar-refractivity contribution < 1.29 is 0 Å². The van der Waals surface area contributed by atoms with Crippen molar-refractivity contribution in [2.75, 3.05) is 4.90 Å². The molecule has 47 heavy (non-hydrogen) atoms. The fourth-order valence-corrected chi connectivity index (χ4v) is 7.12. The molecule has 0 bridgehead atoms. The topological polar surface area (TPSA) is 3.24 Å².